The topological polar surface area (TPSA) is 124 Å². The molecule has 132 valence electrons. The monoisotopic (exact) mass is 364 g/mol. The van der Waals surface area contributed by atoms with E-state index in [9.17, 15) is 23.1 Å². The van der Waals surface area contributed by atoms with Crippen molar-refractivity contribution in [3.8, 4) is 5.75 Å². The molecule has 0 saturated heterocycles. The summed E-state index contributed by atoms with van der Waals surface area (Å²) in [6.45, 7) is 0. The van der Waals surface area contributed by atoms with Gasteiger partial charge in [0.05, 0.1) is 4.90 Å². The van der Waals surface area contributed by atoms with Gasteiger partial charge < -0.3 is 15.5 Å². The molecule has 2 rings (SSSR count). The summed E-state index contributed by atoms with van der Waals surface area (Å²) >= 11 is 0. The minimum absolute atomic E-state index is 0.0480. The zero-order chi connectivity index (χ0) is 18.8. The molecule has 3 N–H and O–H groups in total. The molecule has 0 aliphatic carbocycles. The third kappa shape index (κ3) is 3.95. The van der Waals surface area contributed by atoms with Crippen LogP contribution in [-0.4, -0.2) is 48.9 Å². The molecule has 0 fully saturated rings. The average Bonchev–Trinajstić information content (AvgIpc) is 2.56. The third-order valence-corrected chi connectivity index (χ3v) is 5.21. The van der Waals surface area contributed by atoms with Crippen LogP contribution in [0.25, 0.3) is 0 Å². The van der Waals surface area contributed by atoms with Crippen molar-refractivity contribution in [2.45, 2.75) is 4.90 Å². The molecular formula is C16H16N2O6S. The zero-order valence-electron chi connectivity index (χ0n) is 13.4. The normalized spacial score (nSPS) is 11.3. The van der Waals surface area contributed by atoms with Gasteiger partial charge in [-0.3, -0.25) is 4.79 Å². The van der Waals surface area contributed by atoms with Gasteiger partial charge in [0, 0.05) is 25.3 Å². The number of carboxylic acids is 1. The number of hydrogen-bond donors (Lipinski definition) is 3. The number of carbonyl (C=O) groups excluding carboxylic acids is 1. The summed E-state index contributed by atoms with van der Waals surface area (Å²) in [6.07, 6.45) is 0. The third-order valence-electron chi connectivity index (χ3n) is 3.38. The van der Waals surface area contributed by atoms with Crippen LogP contribution in [0, 0.1) is 0 Å². The van der Waals surface area contributed by atoms with Gasteiger partial charge in [-0.2, -0.15) is 0 Å². The van der Waals surface area contributed by atoms with Crippen molar-refractivity contribution < 1.29 is 28.2 Å². The van der Waals surface area contributed by atoms with E-state index in [1.165, 1.54) is 44.4 Å². The van der Waals surface area contributed by atoms with Crippen molar-refractivity contribution in [2.24, 2.45) is 0 Å². The lowest BCUT2D eigenvalue weighted by molar-refractivity contribution is 0.0693. The number of anilines is 1. The van der Waals surface area contributed by atoms with Gasteiger partial charge >= 0.3 is 5.97 Å². The maximum Gasteiger partial charge on any atom is 0.339 e. The van der Waals surface area contributed by atoms with Crippen LogP contribution >= 0.6 is 0 Å². The van der Waals surface area contributed by atoms with E-state index in [0.717, 1.165) is 16.4 Å². The van der Waals surface area contributed by atoms with Gasteiger partial charge in [0.15, 0.2) is 0 Å². The molecule has 0 bridgehead atoms. The molecule has 0 heterocycles. The first kappa shape index (κ1) is 18.4. The predicted molar refractivity (Wildman–Crippen MR) is 90.3 cm³/mol. The number of nitrogens with one attached hydrogen (secondary N) is 1. The Kier molecular flexibility index (Phi) is 5.10. The number of benzene rings is 2. The molecular weight excluding hydrogens is 348 g/mol. The number of carbonyl (C=O) groups is 2. The van der Waals surface area contributed by atoms with E-state index in [2.05, 4.69) is 5.32 Å². The highest BCUT2D eigenvalue weighted by molar-refractivity contribution is 7.89. The second kappa shape index (κ2) is 6.91. The largest absolute Gasteiger partial charge is 0.507 e. The fourth-order valence-corrected chi connectivity index (χ4v) is 2.88. The Morgan fingerprint density at radius 1 is 1.04 bits per heavy atom. The van der Waals surface area contributed by atoms with Gasteiger partial charge in [-0.25, -0.2) is 17.5 Å². The first-order chi connectivity index (χ1) is 11.6. The first-order valence-corrected chi connectivity index (χ1v) is 8.47. The van der Waals surface area contributed by atoms with Crippen molar-refractivity contribution in [2.75, 3.05) is 19.4 Å². The van der Waals surface area contributed by atoms with Crippen LogP contribution in [0.2, 0.25) is 0 Å². The SMILES string of the molecule is CN(C)S(=O)(=O)c1ccc(C(=O)Nc2ccc(O)c(C(=O)O)c2)cc1. The Labute approximate surface area is 144 Å². The van der Waals surface area contributed by atoms with E-state index < -0.39 is 27.6 Å². The minimum atomic E-state index is -3.59. The van der Waals surface area contributed by atoms with Crippen molar-refractivity contribution in [1.82, 2.24) is 4.31 Å². The predicted octanol–water partition coefficient (Wildman–Crippen LogP) is 1.59. The Balaban J connectivity index is 2.22. The van der Waals surface area contributed by atoms with Crippen LogP contribution in [0.15, 0.2) is 47.4 Å². The van der Waals surface area contributed by atoms with Crippen LogP contribution in [-0.2, 0) is 10.0 Å². The number of aromatic carboxylic acids is 1. The van der Waals surface area contributed by atoms with Crippen LogP contribution < -0.4 is 5.32 Å². The Morgan fingerprint density at radius 2 is 1.64 bits per heavy atom. The molecule has 0 radical (unpaired) electrons. The van der Waals surface area contributed by atoms with E-state index in [1.807, 2.05) is 0 Å². The summed E-state index contributed by atoms with van der Waals surface area (Å²) < 4.78 is 25.0. The van der Waals surface area contributed by atoms with Crippen molar-refractivity contribution in [3.05, 3.63) is 53.6 Å². The van der Waals surface area contributed by atoms with Crippen molar-refractivity contribution in [1.29, 1.82) is 0 Å². The molecule has 0 spiro atoms. The fourth-order valence-electron chi connectivity index (χ4n) is 1.98. The molecule has 0 aliphatic heterocycles. The Hall–Kier alpha value is -2.91. The lowest BCUT2D eigenvalue weighted by Gasteiger charge is -2.12. The van der Waals surface area contributed by atoms with Crippen LogP contribution in [0.1, 0.15) is 20.7 Å². The van der Waals surface area contributed by atoms with Gasteiger partial charge in [-0.15, -0.1) is 0 Å². The number of rotatable bonds is 5. The highest BCUT2D eigenvalue weighted by atomic mass is 32.2. The molecule has 0 aliphatic rings. The number of sulfonamides is 1. The standard InChI is InChI=1S/C16H16N2O6S/c1-18(2)25(23,24)12-6-3-10(4-7-12)15(20)17-11-5-8-14(19)13(9-11)16(21)22/h3-9,19H,1-2H3,(H,17,20)(H,21,22). The van der Waals surface area contributed by atoms with Gasteiger partial charge in [-0.1, -0.05) is 0 Å². The molecule has 0 unspecified atom stereocenters. The van der Waals surface area contributed by atoms with E-state index in [4.69, 9.17) is 5.11 Å². The number of aromatic hydroxyl groups is 1. The first-order valence-electron chi connectivity index (χ1n) is 7.03. The summed E-state index contributed by atoms with van der Waals surface area (Å²) in [6, 6.07) is 8.96. The van der Waals surface area contributed by atoms with Crippen LogP contribution in [0.3, 0.4) is 0 Å². The molecule has 2 aromatic carbocycles. The van der Waals surface area contributed by atoms with Crippen molar-refractivity contribution >= 4 is 27.6 Å². The van der Waals surface area contributed by atoms with E-state index in [1.54, 1.807) is 0 Å². The molecule has 0 atom stereocenters. The summed E-state index contributed by atoms with van der Waals surface area (Å²) in [5, 5.41) is 20.9. The smallest absolute Gasteiger partial charge is 0.339 e. The second-order valence-electron chi connectivity index (χ2n) is 5.30. The minimum Gasteiger partial charge on any atom is -0.507 e. The maximum absolute atomic E-state index is 12.2. The van der Waals surface area contributed by atoms with E-state index in [0.29, 0.717) is 0 Å². The number of phenols is 1. The summed E-state index contributed by atoms with van der Waals surface area (Å²) in [5.74, 6) is -2.29. The van der Waals surface area contributed by atoms with Gasteiger partial charge in [0.25, 0.3) is 5.91 Å². The number of nitrogens with zero attached hydrogens (tertiary/aromatic N) is 1. The lowest BCUT2D eigenvalue weighted by Crippen LogP contribution is -2.22. The second-order valence-corrected chi connectivity index (χ2v) is 7.45. The molecule has 8 nitrogen and oxygen atoms in total. The maximum atomic E-state index is 12.2. The molecule has 0 saturated carbocycles. The molecule has 0 aromatic heterocycles. The van der Waals surface area contributed by atoms with Gasteiger partial charge in [0.1, 0.15) is 11.3 Å². The Bertz CT molecular complexity index is 920. The highest BCUT2D eigenvalue weighted by Crippen LogP contribution is 2.22. The summed E-state index contributed by atoms with van der Waals surface area (Å²) in [5.41, 5.74) is 0.0399. The number of amides is 1. The molecule has 25 heavy (non-hydrogen) atoms. The summed E-state index contributed by atoms with van der Waals surface area (Å²) in [7, 11) is -0.782. The zero-order valence-corrected chi connectivity index (χ0v) is 14.2. The van der Waals surface area contributed by atoms with Crippen LogP contribution in [0.5, 0.6) is 5.75 Å². The average molecular weight is 364 g/mol. The van der Waals surface area contributed by atoms with Crippen LogP contribution in [0.4, 0.5) is 5.69 Å². The summed E-state index contributed by atoms with van der Waals surface area (Å²) in [4.78, 5) is 23.2. The van der Waals surface area contributed by atoms with Gasteiger partial charge in [-0.05, 0) is 42.5 Å². The quantitative estimate of drug-likeness (QED) is 0.692. The number of carboxylic acid groups (broad SMARTS) is 1. The molecule has 1 amide bonds. The van der Waals surface area contributed by atoms with Crippen molar-refractivity contribution in [3.63, 3.8) is 0 Å². The van der Waals surface area contributed by atoms with E-state index >= 15 is 0 Å². The van der Waals surface area contributed by atoms with E-state index in [-0.39, 0.29) is 21.7 Å². The Morgan fingerprint density at radius 3 is 2.16 bits per heavy atom. The highest BCUT2D eigenvalue weighted by Gasteiger charge is 2.18. The fraction of sp³-hybridized carbons (Fsp3) is 0.125. The lowest BCUT2D eigenvalue weighted by atomic mass is 10.1. The molecule has 9 heteroatoms. The molecule has 2 aromatic rings. The van der Waals surface area contributed by atoms with Gasteiger partial charge in [0.2, 0.25) is 10.0 Å². The number of hydrogen-bond acceptors (Lipinski definition) is 5.